The molecule has 1 aliphatic rings. The summed E-state index contributed by atoms with van der Waals surface area (Å²) < 4.78 is 36.6. The fourth-order valence-corrected chi connectivity index (χ4v) is 1.23. The molecule has 2 heteroatoms. The van der Waals surface area contributed by atoms with E-state index in [0.29, 0.717) is 13.1 Å². The molecule has 0 aromatic heterocycles. The predicted molar refractivity (Wildman–Crippen MR) is 39.3 cm³/mol. The molecule has 1 atom stereocenters. The maximum atomic E-state index is 7.58. The molecule has 0 aliphatic carbocycles. The first-order valence-electron chi connectivity index (χ1n) is 5.77. The van der Waals surface area contributed by atoms with Crippen LogP contribution < -0.4 is 5.73 Å². The van der Waals surface area contributed by atoms with Crippen LogP contribution in [-0.4, -0.2) is 30.5 Å². The molecule has 2 nitrogen and oxygen atoms in total. The number of rotatable bonds is 2. The van der Waals surface area contributed by atoms with Gasteiger partial charge in [0.1, 0.15) is 0 Å². The zero-order chi connectivity index (χ0) is 11.0. The van der Waals surface area contributed by atoms with Crippen molar-refractivity contribution in [2.45, 2.75) is 25.7 Å². The fourth-order valence-electron chi connectivity index (χ4n) is 1.23. The number of likely N-dealkylation sites (N-methyl/N-ethyl adjacent to an activating group) is 1. The molecule has 1 aliphatic heterocycles. The lowest BCUT2D eigenvalue weighted by molar-refractivity contribution is 0.272. The SMILES string of the molecule is [2H]C([2H])([2H])C([2H])([2H])N1CCCC1CN. The Labute approximate surface area is 64.0 Å². The van der Waals surface area contributed by atoms with Gasteiger partial charge in [0.05, 0.1) is 0 Å². The van der Waals surface area contributed by atoms with Crippen molar-refractivity contribution in [1.82, 2.24) is 4.90 Å². The molecule has 0 amide bonds. The lowest BCUT2D eigenvalue weighted by atomic mass is 10.2. The maximum Gasteiger partial charge on any atom is 0.0428 e. The van der Waals surface area contributed by atoms with Gasteiger partial charge in [0, 0.05) is 19.4 Å². The van der Waals surface area contributed by atoms with Crippen molar-refractivity contribution in [2.24, 2.45) is 5.73 Å². The van der Waals surface area contributed by atoms with Gasteiger partial charge >= 0.3 is 0 Å². The van der Waals surface area contributed by atoms with Crippen LogP contribution in [0.5, 0.6) is 0 Å². The van der Waals surface area contributed by atoms with Gasteiger partial charge in [-0.25, -0.2) is 0 Å². The van der Waals surface area contributed by atoms with E-state index in [1.54, 1.807) is 0 Å². The third kappa shape index (κ3) is 1.43. The van der Waals surface area contributed by atoms with E-state index in [2.05, 4.69) is 0 Å². The third-order valence-electron chi connectivity index (χ3n) is 1.79. The highest BCUT2D eigenvalue weighted by Gasteiger charge is 2.20. The van der Waals surface area contributed by atoms with Crippen molar-refractivity contribution in [3.8, 4) is 0 Å². The predicted octanol–water partition coefficient (Wildman–Crippen LogP) is 0.429. The van der Waals surface area contributed by atoms with E-state index in [1.165, 1.54) is 4.90 Å². The Morgan fingerprint density at radius 2 is 2.89 bits per heavy atom. The lowest BCUT2D eigenvalue weighted by Gasteiger charge is -2.20. The van der Waals surface area contributed by atoms with Crippen molar-refractivity contribution >= 4 is 0 Å². The molecule has 0 bridgehead atoms. The minimum Gasteiger partial charge on any atom is -0.329 e. The fraction of sp³-hybridized carbons (Fsp3) is 1.00. The highest BCUT2D eigenvalue weighted by molar-refractivity contribution is 4.78. The summed E-state index contributed by atoms with van der Waals surface area (Å²) in [6.45, 7) is -4.07. The van der Waals surface area contributed by atoms with E-state index >= 15 is 0 Å². The Bertz CT molecular complexity index is 203. The molecule has 0 aromatic carbocycles. The summed E-state index contributed by atoms with van der Waals surface area (Å²) in [7, 11) is 0. The van der Waals surface area contributed by atoms with Crippen LogP contribution in [0, 0.1) is 0 Å². The summed E-state index contributed by atoms with van der Waals surface area (Å²) in [6.07, 6.45) is 1.60. The molecular weight excluding hydrogens is 112 g/mol. The summed E-state index contributed by atoms with van der Waals surface area (Å²) in [5.41, 5.74) is 5.47. The standard InChI is InChI=1S/C7H16N2/c1-2-9-5-3-4-7(9)6-8/h7H,2-6,8H2,1H3/i1D3,2D2. The van der Waals surface area contributed by atoms with Gasteiger partial charge in [0.25, 0.3) is 0 Å². The molecule has 0 radical (unpaired) electrons. The zero-order valence-corrected chi connectivity index (χ0v) is 5.43. The van der Waals surface area contributed by atoms with E-state index in [-0.39, 0.29) is 6.04 Å². The summed E-state index contributed by atoms with van der Waals surface area (Å²) in [5.74, 6) is 0. The topological polar surface area (TPSA) is 29.3 Å². The van der Waals surface area contributed by atoms with Crippen LogP contribution in [0.25, 0.3) is 0 Å². The molecule has 0 spiro atoms. The second-order valence-electron chi connectivity index (χ2n) is 2.34. The van der Waals surface area contributed by atoms with Crippen molar-refractivity contribution < 1.29 is 6.85 Å². The molecule has 0 saturated carbocycles. The molecule has 1 rings (SSSR count). The van der Waals surface area contributed by atoms with Crippen molar-refractivity contribution in [3.05, 3.63) is 0 Å². The average molecular weight is 133 g/mol. The van der Waals surface area contributed by atoms with Gasteiger partial charge in [0.15, 0.2) is 0 Å². The number of likely N-dealkylation sites (tertiary alicyclic amines) is 1. The Balaban J connectivity index is 2.81. The molecular formula is C7H16N2. The Morgan fingerprint density at radius 3 is 3.56 bits per heavy atom. The first-order chi connectivity index (χ1) is 6.30. The number of nitrogens with two attached hydrogens (primary N) is 1. The van der Waals surface area contributed by atoms with Gasteiger partial charge in [-0.1, -0.05) is 6.85 Å². The Kier molecular flexibility index (Phi) is 1.02. The number of hydrogen-bond acceptors (Lipinski definition) is 2. The molecule has 9 heavy (non-hydrogen) atoms. The van der Waals surface area contributed by atoms with Crippen molar-refractivity contribution in [3.63, 3.8) is 0 Å². The monoisotopic (exact) mass is 133 g/mol. The highest BCUT2D eigenvalue weighted by Crippen LogP contribution is 2.14. The second-order valence-corrected chi connectivity index (χ2v) is 2.34. The Morgan fingerprint density at radius 1 is 2.00 bits per heavy atom. The van der Waals surface area contributed by atoms with Gasteiger partial charge in [0.2, 0.25) is 0 Å². The summed E-state index contributed by atoms with van der Waals surface area (Å²) in [6, 6.07) is -0.134. The van der Waals surface area contributed by atoms with E-state index in [1.807, 2.05) is 0 Å². The van der Waals surface area contributed by atoms with E-state index in [9.17, 15) is 0 Å². The highest BCUT2D eigenvalue weighted by atomic mass is 15.2. The number of hydrogen-bond donors (Lipinski definition) is 1. The average Bonchev–Trinajstić information content (AvgIpc) is 2.49. The molecule has 2 N–H and O–H groups in total. The maximum absolute atomic E-state index is 7.58. The summed E-state index contributed by atoms with van der Waals surface area (Å²) in [4.78, 5) is 1.38. The molecule has 1 saturated heterocycles. The van der Waals surface area contributed by atoms with Gasteiger partial charge in [-0.3, -0.25) is 4.90 Å². The lowest BCUT2D eigenvalue weighted by Crippen LogP contribution is -2.34. The minimum atomic E-state index is -2.61. The smallest absolute Gasteiger partial charge is 0.0428 e. The van der Waals surface area contributed by atoms with E-state index < -0.39 is 13.3 Å². The Hall–Kier alpha value is -0.0800. The van der Waals surface area contributed by atoms with Crippen molar-refractivity contribution in [1.29, 1.82) is 0 Å². The van der Waals surface area contributed by atoms with Crippen LogP contribution in [-0.2, 0) is 0 Å². The van der Waals surface area contributed by atoms with Gasteiger partial charge in [-0.05, 0) is 25.9 Å². The summed E-state index contributed by atoms with van der Waals surface area (Å²) >= 11 is 0. The number of nitrogens with zero attached hydrogens (tertiary/aromatic N) is 1. The van der Waals surface area contributed by atoms with E-state index in [4.69, 9.17) is 12.6 Å². The normalized spacial score (nSPS) is 40.6. The van der Waals surface area contributed by atoms with Crippen LogP contribution in [0.1, 0.15) is 26.5 Å². The van der Waals surface area contributed by atoms with Gasteiger partial charge in [-0.2, -0.15) is 0 Å². The molecule has 1 heterocycles. The van der Waals surface area contributed by atoms with E-state index in [0.717, 1.165) is 12.8 Å². The molecule has 1 fully saturated rings. The summed E-state index contributed by atoms with van der Waals surface area (Å²) in [5, 5.41) is 0. The van der Waals surface area contributed by atoms with Crippen LogP contribution in [0.3, 0.4) is 0 Å². The third-order valence-corrected chi connectivity index (χ3v) is 1.79. The first-order valence-corrected chi connectivity index (χ1v) is 3.27. The quantitative estimate of drug-likeness (QED) is 0.592. The van der Waals surface area contributed by atoms with Crippen molar-refractivity contribution in [2.75, 3.05) is 19.6 Å². The van der Waals surface area contributed by atoms with Crippen LogP contribution in [0.15, 0.2) is 0 Å². The molecule has 0 aromatic rings. The second kappa shape index (κ2) is 3.18. The molecule has 54 valence electrons. The van der Waals surface area contributed by atoms with Gasteiger partial charge in [-0.15, -0.1) is 0 Å². The van der Waals surface area contributed by atoms with Crippen LogP contribution in [0.2, 0.25) is 0 Å². The van der Waals surface area contributed by atoms with Gasteiger partial charge < -0.3 is 5.73 Å². The largest absolute Gasteiger partial charge is 0.329 e. The minimum absolute atomic E-state index is 0.134. The van der Waals surface area contributed by atoms with Crippen LogP contribution in [0.4, 0.5) is 0 Å². The first kappa shape index (κ1) is 2.89. The molecule has 1 unspecified atom stereocenters. The van der Waals surface area contributed by atoms with Crippen LogP contribution >= 0.6 is 0 Å². The zero-order valence-electron chi connectivity index (χ0n) is 10.4.